The lowest BCUT2D eigenvalue weighted by atomic mass is 10.2. The van der Waals surface area contributed by atoms with Gasteiger partial charge in [-0.15, -0.1) is 11.8 Å². The molecule has 0 unspecified atom stereocenters. The van der Waals surface area contributed by atoms with E-state index in [2.05, 4.69) is 0 Å². The number of benzene rings is 2. The van der Waals surface area contributed by atoms with Crippen LogP contribution in [0.5, 0.6) is 0 Å². The Morgan fingerprint density at radius 1 is 1.10 bits per heavy atom. The third kappa shape index (κ3) is 4.63. The summed E-state index contributed by atoms with van der Waals surface area (Å²) in [7, 11) is -1.91. The van der Waals surface area contributed by atoms with Crippen molar-refractivity contribution in [3.63, 3.8) is 0 Å². The lowest BCUT2D eigenvalue weighted by Crippen LogP contribution is -2.43. The van der Waals surface area contributed by atoms with Crippen molar-refractivity contribution in [3.05, 3.63) is 54.1 Å². The molecule has 0 bridgehead atoms. The molecule has 7 nitrogen and oxygen atoms in total. The molecule has 4 rings (SSSR count). The van der Waals surface area contributed by atoms with Gasteiger partial charge in [-0.25, -0.2) is 8.42 Å². The summed E-state index contributed by atoms with van der Waals surface area (Å²) in [5, 5.41) is 0. The van der Waals surface area contributed by atoms with E-state index in [0.29, 0.717) is 25.3 Å². The number of carbonyl (C=O) groups is 2. The van der Waals surface area contributed by atoms with Crippen molar-refractivity contribution >= 4 is 39.3 Å². The van der Waals surface area contributed by atoms with Crippen LogP contribution in [-0.2, 0) is 26.2 Å². The number of amides is 2. The van der Waals surface area contributed by atoms with Crippen LogP contribution in [0.15, 0.2) is 58.3 Å². The maximum absolute atomic E-state index is 13.0. The predicted molar refractivity (Wildman–Crippen MR) is 120 cm³/mol. The highest BCUT2D eigenvalue weighted by Crippen LogP contribution is 2.37. The first kappa shape index (κ1) is 21.9. The Labute approximate surface area is 187 Å². The summed E-state index contributed by atoms with van der Waals surface area (Å²) < 4.78 is 27.4. The van der Waals surface area contributed by atoms with Gasteiger partial charge in [-0.1, -0.05) is 30.3 Å². The fourth-order valence-electron chi connectivity index (χ4n) is 3.79. The molecule has 0 spiro atoms. The minimum Gasteiger partial charge on any atom is -0.340 e. The van der Waals surface area contributed by atoms with Crippen molar-refractivity contribution in [1.29, 1.82) is 0 Å². The van der Waals surface area contributed by atoms with Crippen LogP contribution in [0, 0.1) is 0 Å². The van der Waals surface area contributed by atoms with Gasteiger partial charge >= 0.3 is 0 Å². The van der Waals surface area contributed by atoms with E-state index in [1.165, 1.54) is 27.0 Å². The van der Waals surface area contributed by atoms with Gasteiger partial charge in [0.05, 0.1) is 16.3 Å². The highest BCUT2D eigenvalue weighted by Gasteiger charge is 2.32. The summed E-state index contributed by atoms with van der Waals surface area (Å²) in [4.78, 5) is 29.5. The monoisotopic (exact) mass is 459 g/mol. The number of sulfonamides is 1. The summed E-state index contributed by atoms with van der Waals surface area (Å²) in [5.41, 5.74) is 1.49. The molecule has 0 N–H and O–H groups in total. The Balaban J connectivity index is 1.57. The Hall–Kier alpha value is -2.36. The molecule has 2 heterocycles. The van der Waals surface area contributed by atoms with Crippen LogP contribution >= 0.6 is 11.8 Å². The lowest BCUT2D eigenvalue weighted by molar-refractivity contribution is -0.130. The molecule has 2 aromatic carbocycles. The number of rotatable bonds is 6. The standard InChI is InChI=1S/C22H25N3O4S2/c1-23(14-17-7-3-2-4-8-17)21(26)15-25-19-13-18(9-10-20(19)30-16-22(25)27)31(28,29)24-11-5-6-12-24/h2-4,7-10,13H,5-6,11-12,14-16H2,1H3. The summed E-state index contributed by atoms with van der Waals surface area (Å²) >= 11 is 1.37. The summed E-state index contributed by atoms with van der Waals surface area (Å²) in [6.07, 6.45) is 1.71. The van der Waals surface area contributed by atoms with E-state index >= 15 is 0 Å². The first-order valence-electron chi connectivity index (χ1n) is 10.2. The van der Waals surface area contributed by atoms with Gasteiger partial charge < -0.3 is 9.80 Å². The maximum atomic E-state index is 13.0. The first-order valence-corrected chi connectivity index (χ1v) is 12.6. The number of nitrogens with zero attached hydrogens (tertiary/aromatic N) is 3. The Kier molecular flexibility index (Phi) is 6.36. The summed E-state index contributed by atoms with van der Waals surface area (Å²) in [5.74, 6) is -0.182. The second kappa shape index (κ2) is 9.02. The van der Waals surface area contributed by atoms with Gasteiger partial charge in [0.2, 0.25) is 21.8 Å². The fraction of sp³-hybridized carbons (Fsp3) is 0.364. The van der Waals surface area contributed by atoms with Gasteiger partial charge in [0.15, 0.2) is 0 Å². The van der Waals surface area contributed by atoms with Crippen LogP contribution in [0.3, 0.4) is 0 Å². The highest BCUT2D eigenvalue weighted by atomic mass is 32.2. The second-order valence-corrected chi connectivity index (χ2v) is 10.7. The zero-order chi connectivity index (χ0) is 22.0. The van der Waals surface area contributed by atoms with Crippen LogP contribution in [0.2, 0.25) is 0 Å². The number of thioether (sulfide) groups is 1. The molecule has 0 aromatic heterocycles. The summed E-state index contributed by atoms with van der Waals surface area (Å²) in [6, 6.07) is 14.5. The Morgan fingerprint density at radius 3 is 2.52 bits per heavy atom. The zero-order valence-electron chi connectivity index (χ0n) is 17.4. The SMILES string of the molecule is CN(Cc1ccccc1)C(=O)CN1C(=O)CSc2ccc(S(=O)(=O)N3CCCC3)cc21. The Morgan fingerprint density at radius 2 is 1.81 bits per heavy atom. The van der Waals surface area contributed by atoms with Crippen molar-refractivity contribution in [3.8, 4) is 0 Å². The van der Waals surface area contributed by atoms with Crippen molar-refractivity contribution < 1.29 is 18.0 Å². The number of hydrogen-bond donors (Lipinski definition) is 0. The van der Waals surface area contributed by atoms with Crippen molar-refractivity contribution in [2.75, 3.05) is 37.3 Å². The van der Waals surface area contributed by atoms with Crippen molar-refractivity contribution in [1.82, 2.24) is 9.21 Å². The normalized spacial score (nSPS) is 16.9. The molecule has 2 aromatic rings. The lowest BCUT2D eigenvalue weighted by Gasteiger charge is -2.30. The van der Waals surface area contributed by atoms with Gasteiger partial charge in [-0.2, -0.15) is 4.31 Å². The highest BCUT2D eigenvalue weighted by molar-refractivity contribution is 8.00. The molecule has 2 aliphatic rings. The third-order valence-electron chi connectivity index (χ3n) is 5.56. The van der Waals surface area contributed by atoms with E-state index in [0.717, 1.165) is 23.3 Å². The quantitative estimate of drug-likeness (QED) is 0.664. The van der Waals surface area contributed by atoms with E-state index in [9.17, 15) is 18.0 Å². The van der Waals surface area contributed by atoms with Crippen molar-refractivity contribution in [2.45, 2.75) is 29.2 Å². The molecule has 0 radical (unpaired) electrons. The molecule has 9 heteroatoms. The zero-order valence-corrected chi connectivity index (χ0v) is 19.0. The van der Waals surface area contributed by atoms with Gasteiger partial charge in [0.1, 0.15) is 6.54 Å². The van der Waals surface area contributed by atoms with Crippen LogP contribution in [0.4, 0.5) is 5.69 Å². The van der Waals surface area contributed by atoms with E-state index in [1.54, 1.807) is 24.1 Å². The Bertz CT molecular complexity index is 1080. The number of likely N-dealkylation sites (N-methyl/N-ethyl adjacent to an activating group) is 1. The molecule has 0 atom stereocenters. The van der Waals surface area contributed by atoms with Crippen LogP contribution < -0.4 is 4.90 Å². The number of anilines is 1. The molecular weight excluding hydrogens is 434 g/mol. The molecule has 0 saturated carbocycles. The molecular formula is C22H25N3O4S2. The topological polar surface area (TPSA) is 78.0 Å². The smallest absolute Gasteiger partial charge is 0.243 e. The largest absolute Gasteiger partial charge is 0.340 e. The van der Waals surface area contributed by atoms with E-state index in [1.807, 2.05) is 30.3 Å². The van der Waals surface area contributed by atoms with Gasteiger partial charge in [0, 0.05) is 31.6 Å². The second-order valence-electron chi connectivity index (χ2n) is 7.74. The van der Waals surface area contributed by atoms with Gasteiger partial charge in [-0.05, 0) is 36.6 Å². The number of carbonyl (C=O) groups excluding carboxylic acids is 2. The molecule has 0 aliphatic carbocycles. The average molecular weight is 460 g/mol. The van der Waals surface area contributed by atoms with Crippen LogP contribution in [0.1, 0.15) is 18.4 Å². The van der Waals surface area contributed by atoms with Crippen LogP contribution in [0.25, 0.3) is 0 Å². The van der Waals surface area contributed by atoms with Gasteiger partial charge in [0.25, 0.3) is 0 Å². The van der Waals surface area contributed by atoms with E-state index in [-0.39, 0.29) is 29.0 Å². The molecule has 2 aliphatic heterocycles. The van der Waals surface area contributed by atoms with E-state index in [4.69, 9.17) is 0 Å². The predicted octanol–water partition coefficient (Wildman–Crippen LogP) is 2.57. The number of fused-ring (bicyclic) bond motifs is 1. The minimum absolute atomic E-state index is 0.122. The molecule has 1 saturated heterocycles. The van der Waals surface area contributed by atoms with Gasteiger partial charge in [-0.3, -0.25) is 9.59 Å². The summed E-state index contributed by atoms with van der Waals surface area (Å²) in [6.45, 7) is 1.34. The minimum atomic E-state index is -3.61. The van der Waals surface area contributed by atoms with Crippen LogP contribution in [-0.4, -0.2) is 61.9 Å². The molecule has 1 fully saturated rings. The molecule has 31 heavy (non-hydrogen) atoms. The maximum Gasteiger partial charge on any atom is 0.243 e. The number of hydrogen-bond acceptors (Lipinski definition) is 5. The average Bonchev–Trinajstić information content (AvgIpc) is 3.32. The first-order chi connectivity index (χ1) is 14.9. The molecule has 2 amide bonds. The fourth-order valence-corrected chi connectivity index (χ4v) is 6.25. The molecule has 164 valence electrons. The van der Waals surface area contributed by atoms with E-state index < -0.39 is 10.0 Å². The van der Waals surface area contributed by atoms with Crippen molar-refractivity contribution in [2.24, 2.45) is 0 Å². The third-order valence-corrected chi connectivity index (χ3v) is 8.50.